The average molecular weight is 249 g/mol. The van der Waals surface area contributed by atoms with Crippen LogP contribution >= 0.6 is 12.4 Å². The van der Waals surface area contributed by atoms with E-state index in [-0.39, 0.29) is 12.4 Å². The molecular weight excluding hydrogens is 220 g/mol. The minimum atomic E-state index is 0. The Morgan fingerprint density at radius 1 is 1.00 bits per heavy atom. The maximum absolute atomic E-state index is 8.24. The van der Waals surface area contributed by atoms with Gasteiger partial charge in [-0.3, -0.25) is 5.41 Å². The molecule has 0 rings (SSSR count). The van der Waals surface area contributed by atoms with E-state index in [2.05, 4.69) is 32.6 Å². The van der Waals surface area contributed by atoms with Crippen LogP contribution in [0.5, 0.6) is 0 Å². The lowest BCUT2D eigenvalue weighted by molar-refractivity contribution is 0.378. The Morgan fingerprint density at radius 3 is 1.81 bits per heavy atom. The molecule has 1 N–H and O–H groups in total. The Hall–Kier alpha value is -0.240. The molecule has 1 atom stereocenters. The molecule has 1 unspecified atom stereocenters. The molecule has 0 saturated carbocycles. The molecule has 3 heteroatoms. The second-order valence-electron chi connectivity index (χ2n) is 4.27. The van der Waals surface area contributed by atoms with Crippen LogP contribution in [0.25, 0.3) is 0 Å². The molecule has 0 bridgehead atoms. The van der Waals surface area contributed by atoms with E-state index >= 15 is 0 Å². The first-order valence-electron chi connectivity index (χ1n) is 6.54. The number of nitrogens with one attached hydrogen (secondary N) is 1. The molecule has 0 aliphatic carbocycles. The lowest BCUT2D eigenvalue weighted by Crippen LogP contribution is -2.36. The lowest BCUT2D eigenvalue weighted by Gasteiger charge is -2.29. The smallest absolute Gasteiger partial charge is 0.0989 e. The number of hydrogen-bond acceptors (Lipinski definition) is 1. The fourth-order valence-electron chi connectivity index (χ4n) is 2.03. The van der Waals surface area contributed by atoms with E-state index in [1.165, 1.54) is 12.8 Å². The zero-order valence-corrected chi connectivity index (χ0v) is 12.2. The van der Waals surface area contributed by atoms with Crippen molar-refractivity contribution < 1.29 is 0 Å². The van der Waals surface area contributed by atoms with Crippen molar-refractivity contribution in [2.45, 2.75) is 59.8 Å². The normalized spacial score (nSPS) is 11.8. The molecule has 16 heavy (non-hydrogen) atoms. The maximum Gasteiger partial charge on any atom is 0.0989 e. The molecule has 0 radical (unpaired) electrons. The summed E-state index contributed by atoms with van der Waals surface area (Å²) >= 11 is 0. The summed E-state index contributed by atoms with van der Waals surface area (Å²) in [5.41, 5.74) is 0. The van der Waals surface area contributed by atoms with Gasteiger partial charge in [-0.25, -0.2) is 0 Å². The van der Waals surface area contributed by atoms with Gasteiger partial charge in [0.25, 0.3) is 0 Å². The lowest BCUT2D eigenvalue weighted by atomic mass is 9.98. The number of rotatable bonds is 8. The van der Waals surface area contributed by atoms with Crippen molar-refractivity contribution in [3.63, 3.8) is 0 Å². The van der Waals surface area contributed by atoms with Crippen molar-refractivity contribution in [3.05, 3.63) is 0 Å². The fourth-order valence-corrected chi connectivity index (χ4v) is 2.03. The fraction of sp³-hybridized carbons (Fsp3) is 0.923. The molecule has 0 fully saturated rings. The molecule has 2 nitrogen and oxygen atoms in total. The van der Waals surface area contributed by atoms with Gasteiger partial charge >= 0.3 is 0 Å². The Morgan fingerprint density at radius 2 is 1.50 bits per heavy atom. The summed E-state index contributed by atoms with van der Waals surface area (Å²) in [5.74, 6) is 1.36. The van der Waals surface area contributed by atoms with Gasteiger partial charge in [-0.2, -0.15) is 0 Å². The predicted molar refractivity (Wildman–Crippen MR) is 75.8 cm³/mol. The highest BCUT2D eigenvalue weighted by Gasteiger charge is 2.16. The van der Waals surface area contributed by atoms with Crippen LogP contribution in [0.4, 0.5) is 0 Å². The Balaban J connectivity index is 0. The Bertz CT molecular complexity index is 165. The van der Waals surface area contributed by atoms with Crippen LogP contribution in [0.1, 0.15) is 59.8 Å². The number of amidine groups is 1. The molecule has 0 aromatic rings. The van der Waals surface area contributed by atoms with Crippen LogP contribution in [0, 0.1) is 11.3 Å². The van der Waals surface area contributed by atoms with Crippen molar-refractivity contribution >= 4 is 18.2 Å². The summed E-state index contributed by atoms with van der Waals surface area (Å²) in [6.07, 6.45) is 5.75. The Kier molecular flexibility index (Phi) is 12.8. The van der Waals surface area contributed by atoms with Crippen LogP contribution in [-0.4, -0.2) is 23.8 Å². The van der Waals surface area contributed by atoms with Crippen molar-refractivity contribution in [3.8, 4) is 0 Å². The van der Waals surface area contributed by atoms with E-state index < -0.39 is 0 Å². The van der Waals surface area contributed by atoms with Gasteiger partial charge in [0.15, 0.2) is 0 Å². The number of hydrogen-bond donors (Lipinski definition) is 1. The molecule has 0 heterocycles. The first kappa shape index (κ1) is 18.1. The molecule has 0 saturated heterocycles. The minimum Gasteiger partial charge on any atom is -0.360 e. The van der Waals surface area contributed by atoms with Crippen molar-refractivity contribution in [2.75, 3.05) is 13.1 Å². The second-order valence-corrected chi connectivity index (χ2v) is 4.27. The molecule has 98 valence electrons. The topological polar surface area (TPSA) is 27.1 Å². The third kappa shape index (κ3) is 6.37. The third-order valence-corrected chi connectivity index (χ3v) is 2.84. The summed E-state index contributed by atoms with van der Waals surface area (Å²) in [6.45, 7) is 10.9. The SMILES string of the molecule is CCCC(CC)C(=N)N(CCC)CCC.Cl. The number of halogens is 1. The van der Waals surface area contributed by atoms with Crippen molar-refractivity contribution in [1.29, 1.82) is 5.41 Å². The molecule has 0 aliphatic rings. The van der Waals surface area contributed by atoms with Crippen LogP contribution < -0.4 is 0 Å². The summed E-state index contributed by atoms with van der Waals surface area (Å²) in [4.78, 5) is 2.27. The zero-order valence-electron chi connectivity index (χ0n) is 11.4. The summed E-state index contributed by atoms with van der Waals surface area (Å²) < 4.78 is 0. The highest BCUT2D eigenvalue weighted by molar-refractivity contribution is 5.85. The minimum absolute atomic E-state index is 0. The quantitative estimate of drug-likeness (QED) is 0.502. The van der Waals surface area contributed by atoms with E-state index in [0.717, 1.165) is 38.2 Å². The molecular formula is C13H29ClN2. The molecule has 0 aromatic heterocycles. The highest BCUT2D eigenvalue weighted by Crippen LogP contribution is 2.15. The average Bonchev–Trinajstić information content (AvgIpc) is 2.24. The largest absolute Gasteiger partial charge is 0.360 e. The summed E-state index contributed by atoms with van der Waals surface area (Å²) in [6, 6.07) is 0. The van der Waals surface area contributed by atoms with Gasteiger partial charge in [0.05, 0.1) is 5.84 Å². The second kappa shape index (κ2) is 11.3. The first-order valence-corrected chi connectivity index (χ1v) is 6.54. The van der Waals surface area contributed by atoms with E-state index in [4.69, 9.17) is 5.41 Å². The Labute approximate surface area is 108 Å². The van der Waals surface area contributed by atoms with E-state index in [1.807, 2.05) is 0 Å². The molecule has 0 aromatic carbocycles. The van der Waals surface area contributed by atoms with Gasteiger partial charge in [-0.05, 0) is 25.7 Å². The summed E-state index contributed by atoms with van der Waals surface area (Å²) in [7, 11) is 0. The highest BCUT2D eigenvalue weighted by atomic mass is 35.5. The first-order chi connectivity index (χ1) is 7.21. The molecule has 0 spiro atoms. The van der Waals surface area contributed by atoms with Gasteiger partial charge in [0.1, 0.15) is 0 Å². The zero-order chi connectivity index (χ0) is 11.7. The van der Waals surface area contributed by atoms with Gasteiger partial charge in [0.2, 0.25) is 0 Å². The van der Waals surface area contributed by atoms with E-state index in [9.17, 15) is 0 Å². The van der Waals surface area contributed by atoms with Crippen LogP contribution in [0.2, 0.25) is 0 Å². The molecule has 0 amide bonds. The van der Waals surface area contributed by atoms with Crippen molar-refractivity contribution in [2.24, 2.45) is 5.92 Å². The molecule has 0 aliphatic heterocycles. The third-order valence-electron chi connectivity index (χ3n) is 2.84. The van der Waals surface area contributed by atoms with E-state index in [0.29, 0.717) is 5.92 Å². The number of nitrogens with zero attached hydrogens (tertiary/aromatic N) is 1. The van der Waals surface area contributed by atoms with Gasteiger partial charge in [-0.15, -0.1) is 12.4 Å². The standard InChI is InChI=1S/C13H28N2.ClH/c1-5-9-12(8-4)13(14)15(10-6-2)11-7-3;/h12,14H,5-11H2,1-4H3;1H. The van der Waals surface area contributed by atoms with Crippen LogP contribution in [0.3, 0.4) is 0 Å². The van der Waals surface area contributed by atoms with E-state index in [1.54, 1.807) is 0 Å². The monoisotopic (exact) mass is 248 g/mol. The van der Waals surface area contributed by atoms with Crippen LogP contribution in [-0.2, 0) is 0 Å². The maximum atomic E-state index is 8.24. The van der Waals surface area contributed by atoms with Gasteiger partial charge in [0, 0.05) is 19.0 Å². The van der Waals surface area contributed by atoms with Gasteiger partial charge < -0.3 is 4.90 Å². The van der Waals surface area contributed by atoms with Crippen molar-refractivity contribution in [1.82, 2.24) is 4.90 Å². The van der Waals surface area contributed by atoms with Crippen LogP contribution in [0.15, 0.2) is 0 Å². The van der Waals surface area contributed by atoms with Gasteiger partial charge in [-0.1, -0.05) is 34.1 Å². The summed E-state index contributed by atoms with van der Waals surface area (Å²) in [5, 5.41) is 8.24. The predicted octanol–water partition coefficient (Wildman–Crippen LogP) is 4.33.